The van der Waals surface area contributed by atoms with Crippen molar-refractivity contribution in [1.29, 1.82) is 0 Å². The number of para-hydroxylation sites is 1. The molecule has 8 nitrogen and oxygen atoms in total. The van der Waals surface area contributed by atoms with E-state index in [1.165, 1.54) is 22.1 Å². The van der Waals surface area contributed by atoms with Crippen molar-refractivity contribution in [2.24, 2.45) is 0 Å². The van der Waals surface area contributed by atoms with Crippen LogP contribution in [0.1, 0.15) is 5.69 Å². The van der Waals surface area contributed by atoms with Gasteiger partial charge in [0.05, 0.1) is 26.8 Å². The molecule has 0 aliphatic carbocycles. The van der Waals surface area contributed by atoms with E-state index >= 15 is 0 Å². The summed E-state index contributed by atoms with van der Waals surface area (Å²) in [5, 5.41) is 6.19. The maximum atomic E-state index is 13.2. The number of piperazine rings is 1. The molecule has 144 valence electrons. The molecule has 1 saturated heterocycles. The van der Waals surface area contributed by atoms with E-state index in [0.29, 0.717) is 21.7 Å². The van der Waals surface area contributed by atoms with Crippen molar-refractivity contribution >= 4 is 32.5 Å². The summed E-state index contributed by atoms with van der Waals surface area (Å²) in [5.74, 6) is 0. The van der Waals surface area contributed by atoms with Crippen molar-refractivity contribution in [3.63, 3.8) is 0 Å². The van der Waals surface area contributed by atoms with Gasteiger partial charge in [-0.05, 0) is 26.1 Å². The third-order valence-electron chi connectivity index (χ3n) is 5.31. The highest BCUT2D eigenvalue weighted by Crippen LogP contribution is 2.24. The Morgan fingerprint density at radius 2 is 1.86 bits per heavy atom. The molecule has 1 fully saturated rings. The van der Waals surface area contributed by atoms with Crippen LogP contribution in [0.15, 0.2) is 39.9 Å². The van der Waals surface area contributed by atoms with Crippen molar-refractivity contribution in [2.75, 3.05) is 38.2 Å². The number of benzene rings is 1. The van der Waals surface area contributed by atoms with Crippen LogP contribution in [-0.2, 0) is 0 Å². The van der Waals surface area contributed by atoms with Crippen LogP contribution in [0.3, 0.4) is 0 Å². The molecule has 1 N–H and O–H groups in total. The lowest BCUT2D eigenvalue weighted by atomic mass is 10.2. The van der Waals surface area contributed by atoms with E-state index in [0.717, 1.165) is 36.4 Å². The van der Waals surface area contributed by atoms with Gasteiger partial charge in [-0.2, -0.15) is 4.68 Å². The lowest BCUT2D eigenvalue weighted by molar-refractivity contribution is 0.284. The number of rotatable bonds is 2. The molecule has 5 rings (SSSR count). The summed E-state index contributed by atoms with van der Waals surface area (Å²) >= 11 is 1.44. The molecule has 0 radical (unpaired) electrons. The largest absolute Gasteiger partial charge is 0.307 e. The Kier molecular flexibility index (Phi) is 3.88. The smallest absolute Gasteiger partial charge is 0.283 e. The van der Waals surface area contributed by atoms with Crippen LogP contribution in [0.2, 0.25) is 0 Å². The average Bonchev–Trinajstić information content (AvgIpc) is 3.24. The van der Waals surface area contributed by atoms with E-state index in [2.05, 4.69) is 22.0 Å². The first-order chi connectivity index (χ1) is 13.5. The Hall–Kier alpha value is -2.91. The van der Waals surface area contributed by atoms with Gasteiger partial charge in [0.25, 0.3) is 11.1 Å². The highest BCUT2D eigenvalue weighted by molar-refractivity contribution is 7.20. The summed E-state index contributed by atoms with van der Waals surface area (Å²) in [6, 6.07) is 9.28. The summed E-state index contributed by atoms with van der Waals surface area (Å²) in [6.45, 7) is 5.10. The number of likely N-dealkylation sites (N-methyl/N-ethyl adjacent to an activating group) is 1. The highest BCUT2D eigenvalue weighted by Gasteiger charge is 2.21. The first-order valence-electron chi connectivity index (χ1n) is 9.20. The molecule has 1 aliphatic heterocycles. The lowest BCUT2D eigenvalue weighted by Crippen LogP contribution is -2.53. The Balaban J connectivity index is 1.68. The molecule has 0 unspecified atom stereocenters. The average molecular weight is 396 g/mol. The number of aromatic amines is 1. The number of pyridine rings is 1. The quantitative estimate of drug-likeness (QED) is 0.552. The fourth-order valence-corrected chi connectivity index (χ4v) is 4.73. The third kappa shape index (κ3) is 2.58. The van der Waals surface area contributed by atoms with Crippen LogP contribution < -0.4 is 16.1 Å². The van der Waals surface area contributed by atoms with E-state index < -0.39 is 0 Å². The zero-order chi connectivity index (χ0) is 19.4. The number of aryl methyl sites for hydroxylation is 1. The number of thiazole rings is 1. The SMILES string of the molecule is Cc1c2c(=O)n(-c3nc4ccccc4s3)[nH]c2cc(=O)n1N1CCN(C)CC1. The maximum absolute atomic E-state index is 13.2. The molecule has 9 heteroatoms. The van der Waals surface area contributed by atoms with Crippen LogP contribution in [-0.4, -0.2) is 57.6 Å². The van der Waals surface area contributed by atoms with Crippen LogP contribution in [0, 0.1) is 6.92 Å². The van der Waals surface area contributed by atoms with Crippen LogP contribution >= 0.6 is 11.3 Å². The summed E-state index contributed by atoms with van der Waals surface area (Å²) < 4.78 is 4.10. The van der Waals surface area contributed by atoms with Crippen molar-refractivity contribution in [3.05, 3.63) is 56.7 Å². The number of nitrogens with one attached hydrogen (secondary N) is 1. The van der Waals surface area contributed by atoms with E-state index in [4.69, 9.17) is 0 Å². The molecule has 4 aromatic rings. The zero-order valence-corrected chi connectivity index (χ0v) is 16.5. The predicted octanol–water partition coefficient (Wildman–Crippen LogP) is 1.28. The number of H-pyrrole nitrogens is 1. The van der Waals surface area contributed by atoms with Gasteiger partial charge in [-0.25, -0.2) is 9.66 Å². The molecule has 0 saturated carbocycles. The van der Waals surface area contributed by atoms with E-state index in [9.17, 15) is 9.59 Å². The van der Waals surface area contributed by atoms with E-state index in [1.807, 2.05) is 36.2 Å². The van der Waals surface area contributed by atoms with Gasteiger partial charge in [0.2, 0.25) is 5.13 Å². The van der Waals surface area contributed by atoms with Gasteiger partial charge < -0.3 is 9.91 Å². The first kappa shape index (κ1) is 17.2. The van der Waals surface area contributed by atoms with Crippen molar-refractivity contribution < 1.29 is 0 Å². The molecule has 1 aliphatic rings. The highest BCUT2D eigenvalue weighted by atomic mass is 32.1. The lowest BCUT2D eigenvalue weighted by Gasteiger charge is -2.35. The molecule has 4 heterocycles. The minimum absolute atomic E-state index is 0.132. The molecule has 0 bridgehead atoms. The molecule has 0 spiro atoms. The molecular formula is C19H20N6O2S. The fourth-order valence-electron chi connectivity index (χ4n) is 3.80. The Labute approximate surface area is 164 Å². The van der Waals surface area contributed by atoms with Gasteiger partial charge in [-0.1, -0.05) is 23.5 Å². The number of fused-ring (bicyclic) bond motifs is 2. The van der Waals surface area contributed by atoms with Gasteiger partial charge in [-0.3, -0.25) is 14.7 Å². The Morgan fingerprint density at radius 3 is 2.61 bits per heavy atom. The van der Waals surface area contributed by atoms with Gasteiger partial charge >= 0.3 is 0 Å². The molecule has 3 aromatic heterocycles. The van der Waals surface area contributed by atoms with Crippen molar-refractivity contribution in [3.8, 4) is 5.13 Å². The summed E-state index contributed by atoms with van der Waals surface area (Å²) in [4.78, 5) is 32.8. The number of hydrogen-bond donors (Lipinski definition) is 1. The van der Waals surface area contributed by atoms with Gasteiger partial charge in [0.15, 0.2) is 0 Å². The van der Waals surface area contributed by atoms with E-state index in [-0.39, 0.29) is 11.1 Å². The fraction of sp³-hybridized carbons (Fsp3) is 0.316. The normalized spacial score (nSPS) is 15.7. The summed E-state index contributed by atoms with van der Waals surface area (Å²) in [6.07, 6.45) is 0. The second-order valence-corrected chi connectivity index (χ2v) is 8.15. The summed E-state index contributed by atoms with van der Waals surface area (Å²) in [7, 11) is 2.07. The topological polar surface area (TPSA) is 79.2 Å². The summed E-state index contributed by atoms with van der Waals surface area (Å²) in [5.41, 5.74) is 1.73. The third-order valence-corrected chi connectivity index (χ3v) is 6.33. The standard InChI is InChI=1S/C19H20N6O2S/c1-12-17-14(11-16(26)25(12)23-9-7-22(2)8-10-23)21-24(18(17)27)19-20-13-5-3-4-6-15(13)28-19/h3-6,11,21H,7-10H2,1-2H3. The molecule has 28 heavy (non-hydrogen) atoms. The number of hydrogen-bond acceptors (Lipinski definition) is 6. The second kappa shape index (κ2) is 6.32. The minimum atomic E-state index is -0.186. The number of nitrogens with zero attached hydrogens (tertiary/aromatic N) is 5. The second-order valence-electron chi connectivity index (χ2n) is 7.14. The predicted molar refractivity (Wildman–Crippen MR) is 112 cm³/mol. The van der Waals surface area contributed by atoms with Crippen molar-refractivity contribution in [2.45, 2.75) is 6.92 Å². The molecule has 0 amide bonds. The first-order valence-corrected chi connectivity index (χ1v) is 10.0. The zero-order valence-electron chi connectivity index (χ0n) is 15.7. The van der Waals surface area contributed by atoms with Gasteiger partial charge in [0.1, 0.15) is 0 Å². The monoisotopic (exact) mass is 396 g/mol. The van der Waals surface area contributed by atoms with Crippen LogP contribution in [0.5, 0.6) is 0 Å². The van der Waals surface area contributed by atoms with Crippen LogP contribution in [0.25, 0.3) is 26.3 Å². The van der Waals surface area contributed by atoms with Crippen LogP contribution in [0.4, 0.5) is 0 Å². The van der Waals surface area contributed by atoms with Gasteiger partial charge in [0, 0.05) is 32.2 Å². The van der Waals surface area contributed by atoms with E-state index in [1.54, 1.807) is 4.68 Å². The Bertz CT molecular complexity index is 1270. The minimum Gasteiger partial charge on any atom is -0.307 e. The molecule has 0 atom stereocenters. The Morgan fingerprint density at radius 1 is 1.11 bits per heavy atom. The van der Waals surface area contributed by atoms with Crippen molar-refractivity contribution in [1.82, 2.24) is 24.3 Å². The molecular weight excluding hydrogens is 376 g/mol. The number of aromatic nitrogens is 4. The maximum Gasteiger partial charge on any atom is 0.283 e. The van der Waals surface area contributed by atoms with Gasteiger partial charge in [-0.15, -0.1) is 0 Å². The molecule has 1 aromatic carbocycles.